The van der Waals surface area contributed by atoms with E-state index >= 15 is 0 Å². The van der Waals surface area contributed by atoms with Gasteiger partial charge in [-0.2, -0.15) is 0 Å². The number of aromatic hydroxyl groups is 1. The van der Waals surface area contributed by atoms with Gasteiger partial charge in [-0.05, 0) is 84.7 Å². The molecule has 6 rings (SSSR count). The fourth-order valence-electron chi connectivity index (χ4n) is 6.50. The number of phenolic OH excluding ortho intramolecular Hbond substituents is 1. The molecule has 1 aliphatic heterocycles. The van der Waals surface area contributed by atoms with Gasteiger partial charge in [0.05, 0.1) is 24.6 Å². The van der Waals surface area contributed by atoms with E-state index in [1.165, 1.54) is 18.1 Å². The first kappa shape index (κ1) is 24.8. The number of rotatable bonds is 3. The number of methoxy groups -OCH3 is 1. The van der Waals surface area contributed by atoms with Gasteiger partial charge in [-0.25, -0.2) is 0 Å². The van der Waals surface area contributed by atoms with Crippen LogP contribution in [0.3, 0.4) is 0 Å². The summed E-state index contributed by atoms with van der Waals surface area (Å²) in [6.07, 6.45) is 3.81. The standard InChI is InChI=1S/C30H24INO6/c1-14-12-22(33)21-13-20-17(24(26(21)27(14)34)18-4-3-5-23(38-2)28(18)35)10-11-19-25(20)30(37)32(29(19)36)16-8-6-15(31)7-9-16/h3-10,12,19-20,24-25,35H,11,13H2,1-2H3. The molecule has 3 aliphatic carbocycles. The number of ketones is 2. The number of hydrogen-bond donors (Lipinski definition) is 1. The van der Waals surface area contributed by atoms with Crippen LogP contribution in [0.4, 0.5) is 5.69 Å². The number of allylic oxidation sites excluding steroid dienone is 6. The molecule has 7 nitrogen and oxygen atoms in total. The first-order valence-electron chi connectivity index (χ1n) is 12.4. The SMILES string of the molecule is COc1cccc(C2C3=CCC4C(=O)N(c5ccc(I)cc5)C(=O)C4C3CC3=C2C(=O)C(C)=CC3=O)c1O. The van der Waals surface area contributed by atoms with Crippen LogP contribution in [0.25, 0.3) is 0 Å². The third kappa shape index (κ3) is 3.53. The first-order chi connectivity index (χ1) is 18.2. The second kappa shape index (κ2) is 9.04. The zero-order valence-electron chi connectivity index (χ0n) is 20.7. The molecule has 0 bridgehead atoms. The molecule has 2 aromatic carbocycles. The average molecular weight is 621 g/mol. The lowest BCUT2D eigenvalue weighted by Gasteiger charge is -2.42. The zero-order chi connectivity index (χ0) is 26.9. The summed E-state index contributed by atoms with van der Waals surface area (Å²) >= 11 is 2.17. The molecule has 1 heterocycles. The Hall–Kier alpha value is -3.53. The minimum absolute atomic E-state index is 0.114. The molecule has 192 valence electrons. The van der Waals surface area contributed by atoms with E-state index in [1.54, 1.807) is 37.3 Å². The summed E-state index contributed by atoms with van der Waals surface area (Å²) in [5.41, 5.74) is 2.78. The van der Waals surface area contributed by atoms with E-state index in [2.05, 4.69) is 22.6 Å². The van der Waals surface area contributed by atoms with E-state index in [-0.39, 0.29) is 41.3 Å². The Morgan fingerprint density at radius 3 is 2.45 bits per heavy atom. The van der Waals surface area contributed by atoms with Crippen LogP contribution >= 0.6 is 22.6 Å². The van der Waals surface area contributed by atoms with Crippen LogP contribution in [0.2, 0.25) is 0 Å². The molecule has 2 amide bonds. The maximum absolute atomic E-state index is 13.9. The summed E-state index contributed by atoms with van der Waals surface area (Å²) in [6, 6.07) is 12.3. The van der Waals surface area contributed by atoms with Crippen LogP contribution in [0.15, 0.2) is 76.9 Å². The second-order valence-electron chi connectivity index (χ2n) is 10.1. The number of phenols is 1. The monoisotopic (exact) mass is 621 g/mol. The van der Waals surface area contributed by atoms with Crippen LogP contribution in [0.1, 0.15) is 31.2 Å². The second-order valence-corrected chi connectivity index (χ2v) is 11.4. The lowest BCUT2D eigenvalue weighted by molar-refractivity contribution is -0.123. The predicted molar refractivity (Wildman–Crippen MR) is 148 cm³/mol. The van der Waals surface area contributed by atoms with Crippen LogP contribution < -0.4 is 9.64 Å². The van der Waals surface area contributed by atoms with Gasteiger partial charge in [-0.3, -0.25) is 24.1 Å². The van der Waals surface area contributed by atoms with E-state index < -0.39 is 23.7 Å². The minimum atomic E-state index is -0.727. The Morgan fingerprint density at radius 2 is 1.74 bits per heavy atom. The molecular formula is C30H24INO6. The summed E-state index contributed by atoms with van der Waals surface area (Å²) in [5, 5.41) is 11.1. The van der Waals surface area contributed by atoms with Crippen molar-refractivity contribution in [2.24, 2.45) is 17.8 Å². The number of nitrogens with zero attached hydrogens (tertiary/aromatic N) is 1. The quantitative estimate of drug-likeness (QED) is 0.232. The highest BCUT2D eigenvalue weighted by Gasteiger charge is 2.56. The van der Waals surface area contributed by atoms with Crippen LogP contribution in [-0.2, 0) is 19.2 Å². The summed E-state index contributed by atoms with van der Waals surface area (Å²) in [6.45, 7) is 1.61. The van der Waals surface area contributed by atoms with Crippen molar-refractivity contribution in [3.63, 3.8) is 0 Å². The number of Topliss-reactive ketones (excluding diaryl/α,β-unsaturated/α-hetero) is 1. The Morgan fingerprint density at radius 1 is 1.00 bits per heavy atom. The fraction of sp³-hybridized carbons (Fsp3) is 0.267. The Labute approximate surface area is 233 Å². The smallest absolute Gasteiger partial charge is 0.238 e. The van der Waals surface area contributed by atoms with Crippen molar-refractivity contribution >= 4 is 51.7 Å². The van der Waals surface area contributed by atoms with Gasteiger partial charge in [0.25, 0.3) is 0 Å². The topological polar surface area (TPSA) is 101 Å². The number of anilines is 1. The maximum Gasteiger partial charge on any atom is 0.238 e. The minimum Gasteiger partial charge on any atom is -0.504 e. The van der Waals surface area contributed by atoms with Crippen molar-refractivity contribution in [2.75, 3.05) is 12.0 Å². The van der Waals surface area contributed by atoms with E-state index in [1.807, 2.05) is 18.2 Å². The van der Waals surface area contributed by atoms with Gasteiger partial charge in [0.15, 0.2) is 23.1 Å². The fourth-order valence-corrected chi connectivity index (χ4v) is 6.86. The Kier molecular flexibility index (Phi) is 5.90. The van der Waals surface area contributed by atoms with Crippen molar-refractivity contribution in [3.8, 4) is 11.5 Å². The molecule has 0 aromatic heterocycles. The van der Waals surface area contributed by atoms with Crippen molar-refractivity contribution < 1.29 is 29.0 Å². The van der Waals surface area contributed by atoms with Gasteiger partial charge >= 0.3 is 0 Å². The number of fused-ring (bicyclic) bond motifs is 3. The van der Waals surface area contributed by atoms with E-state index in [0.29, 0.717) is 34.4 Å². The highest BCUT2D eigenvalue weighted by Crippen LogP contribution is 2.57. The lowest BCUT2D eigenvalue weighted by Crippen LogP contribution is -2.39. The van der Waals surface area contributed by atoms with E-state index in [0.717, 1.165) is 9.14 Å². The lowest BCUT2D eigenvalue weighted by atomic mass is 9.59. The number of carbonyl (C=O) groups is 4. The molecule has 1 N–H and O–H groups in total. The maximum atomic E-state index is 13.9. The van der Waals surface area contributed by atoms with Crippen molar-refractivity contribution in [3.05, 3.63) is 86.0 Å². The van der Waals surface area contributed by atoms with E-state index in [9.17, 15) is 24.3 Å². The van der Waals surface area contributed by atoms with Crippen LogP contribution in [0.5, 0.6) is 11.5 Å². The van der Waals surface area contributed by atoms with Gasteiger partial charge in [-0.1, -0.05) is 23.8 Å². The Balaban J connectivity index is 1.51. The molecule has 1 fully saturated rings. The number of amides is 2. The molecule has 1 saturated heterocycles. The highest BCUT2D eigenvalue weighted by molar-refractivity contribution is 14.1. The summed E-state index contributed by atoms with van der Waals surface area (Å²) in [5.74, 6) is -3.33. The molecule has 0 spiro atoms. The molecule has 4 unspecified atom stereocenters. The number of carbonyl (C=O) groups excluding carboxylic acids is 4. The number of para-hydroxylation sites is 1. The third-order valence-corrected chi connectivity index (χ3v) is 8.93. The number of imide groups is 1. The van der Waals surface area contributed by atoms with Crippen molar-refractivity contribution in [2.45, 2.75) is 25.7 Å². The molecule has 8 heteroatoms. The molecule has 0 saturated carbocycles. The molecular weight excluding hydrogens is 597 g/mol. The van der Waals surface area contributed by atoms with Crippen LogP contribution in [0, 0.1) is 21.3 Å². The average Bonchev–Trinajstić information content (AvgIpc) is 3.16. The van der Waals surface area contributed by atoms with Gasteiger partial charge in [0.2, 0.25) is 11.8 Å². The van der Waals surface area contributed by atoms with E-state index in [4.69, 9.17) is 4.74 Å². The number of ether oxygens (including phenoxy) is 1. The zero-order valence-corrected chi connectivity index (χ0v) is 22.9. The number of benzene rings is 2. The van der Waals surface area contributed by atoms with Gasteiger partial charge < -0.3 is 9.84 Å². The van der Waals surface area contributed by atoms with Gasteiger partial charge in [0.1, 0.15) is 0 Å². The van der Waals surface area contributed by atoms with Crippen molar-refractivity contribution in [1.82, 2.24) is 0 Å². The molecule has 0 radical (unpaired) electrons. The summed E-state index contributed by atoms with van der Waals surface area (Å²) < 4.78 is 6.32. The normalized spacial score (nSPS) is 26.6. The molecule has 2 aromatic rings. The van der Waals surface area contributed by atoms with Gasteiger partial charge in [-0.15, -0.1) is 0 Å². The number of halogens is 1. The molecule has 38 heavy (non-hydrogen) atoms. The summed E-state index contributed by atoms with van der Waals surface area (Å²) in [7, 11) is 1.45. The van der Waals surface area contributed by atoms with Gasteiger partial charge in [0, 0.05) is 31.8 Å². The molecule has 4 aliphatic rings. The highest BCUT2D eigenvalue weighted by atomic mass is 127. The first-order valence-corrected chi connectivity index (χ1v) is 13.5. The largest absolute Gasteiger partial charge is 0.504 e. The number of hydrogen-bond acceptors (Lipinski definition) is 6. The molecule has 4 atom stereocenters. The predicted octanol–water partition coefficient (Wildman–Crippen LogP) is 4.64. The third-order valence-electron chi connectivity index (χ3n) is 8.21. The Bertz CT molecular complexity index is 1530. The van der Waals surface area contributed by atoms with Crippen LogP contribution in [-0.4, -0.2) is 35.6 Å². The summed E-state index contributed by atoms with van der Waals surface area (Å²) in [4.78, 5) is 55.4. The van der Waals surface area contributed by atoms with Crippen molar-refractivity contribution in [1.29, 1.82) is 0 Å².